The monoisotopic (exact) mass is 513 g/mol. The number of primary amides is 1. The number of fused-ring (bicyclic) bond motifs is 5. The highest BCUT2D eigenvalue weighted by atomic mass is 19.1. The SMILES string of the molecule is C[C@@H]1CN2c3c(cc4c(-n5cc(OC(N)=O)cn5)noc4c3F)CC3(C(=O)NC(=O)NC3=O)[C@H]2[C@H](C)O1. The van der Waals surface area contributed by atoms with E-state index >= 15 is 4.39 Å². The Labute approximate surface area is 206 Å². The van der Waals surface area contributed by atoms with Crippen molar-refractivity contribution in [2.24, 2.45) is 11.1 Å². The van der Waals surface area contributed by atoms with Gasteiger partial charge in [-0.15, -0.1) is 0 Å². The number of ether oxygens (including phenoxy) is 2. The molecule has 2 aromatic heterocycles. The smallest absolute Gasteiger partial charge is 0.407 e. The number of carbonyl (C=O) groups is 4. The fourth-order valence-electron chi connectivity index (χ4n) is 5.69. The molecule has 1 spiro atoms. The van der Waals surface area contributed by atoms with Gasteiger partial charge in [-0.3, -0.25) is 20.2 Å². The van der Waals surface area contributed by atoms with E-state index in [2.05, 4.69) is 20.9 Å². The Balaban J connectivity index is 1.54. The first-order valence-electron chi connectivity index (χ1n) is 11.3. The molecule has 3 aromatic rings. The predicted octanol–water partition coefficient (Wildman–Crippen LogP) is 0.501. The lowest BCUT2D eigenvalue weighted by molar-refractivity contribution is -0.153. The second-order valence-electron chi connectivity index (χ2n) is 9.26. The zero-order valence-electron chi connectivity index (χ0n) is 19.5. The molecule has 3 aliphatic heterocycles. The van der Waals surface area contributed by atoms with Crippen molar-refractivity contribution in [2.45, 2.75) is 38.5 Å². The van der Waals surface area contributed by atoms with Gasteiger partial charge in [0, 0.05) is 13.0 Å². The summed E-state index contributed by atoms with van der Waals surface area (Å²) in [6.45, 7) is 3.67. The number of amides is 5. The minimum absolute atomic E-state index is 0.0281. The van der Waals surface area contributed by atoms with Crippen molar-refractivity contribution in [1.29, 1.82) is 0 Å². The van der Waals surface area contributed by atoms with Crippen LogP contribution in [0.1, 0.15) is 19.4 Å². The first-order chi connectivity index (χ1) is 17.6. The Hall–Kier alpha value is -4.53. The van der Waals surface area contributed by atoms with Crippen LogP contribution in [0.2, 0.25) is 0 Å². The van der Waals surface area contributed by atoms with Gasteiger partial charge < -0.3 is 24.6 Å². The lowest BCUT2D eigenvalue weighted by atomic mass is 9.66. The van der Waals surface area contributed by atoms with Crippen LogP contribution in [0.4, 0.5) is 19.7 Å². The topological polar surface area (TPSA) is 184 Å². The number of imide groups is 2. The number of nitrogens with two attached hydrogens (primary N) is 1. The van der Waals surface area contributed by atoms with E-state index in [0.29, 0.717) is 5.56 Å². The van der Waals surface area contributed by atoms with Crippen LogP contribution >= 0.6 is 0 Å². The van der Waals surface area contributed by atoms with Gasteiger partial charge in [0.15, 0.2) is 17.0 Å². The van der Waals surface area contributed by atoms with Gasteiger partial charge in [-0.25, -0.2) is 18.7 Å². The number of anilines is 1. The van der Waals surface area contributed by atoms with Gasteiger partial charge in [0.25, 0.3) is 0 Å². The minimum atomic E-state index is -1.77. The molecule has 1 aromatic carbocycles. The van der Waals surface area contributed by atoms with E-state index in [-0.39, 0.29) is 47.3 Å². The third kappa shape index (κ3) is 3.20. The molecular formula is C22H20FN7O7. The predicted molar refractivity (Wildman–Crippen MR) is 120 cm³/mol. The second-order valence-corrected chi connectivity index (χ2v) is 9.26. The molecule has 0 bridgehead atoms. The van der Waals surface area contributed by atoms with E-state index in [4.69, 9.17) is 19.7 Å². The van der Waals surface area contributed by atoms with Gasteiger partial charge in [0.05, 0.1) is 41.7 Å². The number of carbonyl (C=O) groups excluding carboxylic acids is 4. The number of urea groups is 1. The van der Waals surface area contributed by atoms with Crippen LogP contribution in [0.3, 0.4) is 0 Å². The highest BCUT2D eigenvalue weighted by Gasteiger charge is 2.63. The standard InChI is InChI=1S/C22H20FN7O7/c1-8-6-29-14-10(4-22(16(29)9(2)35-8)18(31)26-21(34)27-19(22)32)3-12-15(13(14)23)37-28-17(12)30-7-11(5-25-30)36-20(24)33/h3,5,7-9,16H,4,6H2,1-2H3,(H2,24,33)(H2,26,27,31,32,34)/t8-,9+,16-/m1/s1. The van der Waals surface area contributed by atoms with Gasteiger partial charge in [-0.05, 0) is 25.5 Å². The number of barbiturate groups is 1. The summed E-state index contributed by atoms with van der Waals surface area (Å²) in [7, 11) is 0. The summed E-state index contributed by atoms with van der Waals surface area (Å²) in [5, 5.41) is 12.6. The average Bonchev–Trinajstić information content (AvgIpc) is 3.43. The van der Waals surface area contributed by atoms with Crippen LogP contribution in [0, 0.1) is 11.2 Å². The fraction of sp³-hybridized carbons (Fsp3) is 0.364. The molecule has 2 fully saturated rings. The van der Waals surface area contributed by atoms with Gasteiger partial charge in [0.2, 0.25) is 23.2 Å². The van der Waals surface area contributed by atoms with E-state index in [1.807, 2.05) is 0 Å². The molecule has 5 heterocycles. The van der Waals surface area contributed by atoms with E-state index in [1.54, 1.807) is 24.8 Å². The van der Waals surface area contributed by atoms with Crippen molar-refractivity contribution in [1.82, 2.24) is 25.6 Å². The Morgan fingerprint density at radius 3 is 2.70 bits per heavy atom. The van der Waals surface area contributed by atoms with Crippen molar-refractivity contribution in [3.63, 3.8) is 0 Å². The number of rotatable bonds is 2. The lowest BCUT2D eigenvalue weighted by Gasteiger charge is -2.55. The molecule has 0 aliphatic carbocycles. The van der Waals surface area contributed by atoms with Crippen LogP contribution in [0.25, 0.3) is 16.8 Å². The van der Waals surface area contributed by atoms with Crippen molar-refractivity contribution in [3.8, 4) is 11.6 Å². The fourth-order valence-corrected chi connectivity index (χ4v) is 5.69. The highest BCUT2D eigenvalue weighted by Crippen LogP contribution is 2.49. The first kappa shape index (κ1) is 22.9. The third-order valence-corrected chi connectivity index (χ3v) is 6.94. The zero-order chi connectivity index (χ0) is 26.2. The van der Waals surface area contributed by atoms with Gasteiger partial charge in [-0.2, -0.15) is 5.10 Å². The van der Waals surface area contributed by atoms with Crippen molar-refractivity contribution in [3.05, 3.63) is 29.8 Å². The third-order valence-electron chi connectivity index (χ3n) is 6.94. The summed E-state index contributed by atoms with van der Waals surface area (Å²) in [5.74, 6) is -2.22. The molecule has 0 radical (unpaired) electrons. The molecule has 4 N–H and O–H groups in total. The Kier molecular flexibility index (Phi) is 4.79. The lowest BCUT2D eigenvalue weighted by Crippen LogP contribution is -2.75. The Morgan fingerprint density at radius 1 is 1.27 bits per heavy atom. The molecule has 192 valence electrons. The summed E-state index contributed by atoms with van der Waals surface area (Å²) in [4.78, 5) is 51.1. The molecule has 0 saturated carbocycles. The number of benzene rings is 1. The number of nitrogens with zero attached hydrogens (tertiary/aromatic N) is 4. The van der Waals surface area contributed by atoms with E-state index in [9.17, 15) is 19.2 Å². The van der Waals surface area contributed by atoms with Crippen LogP contribution < -0.4 is 26.0 Å². The minimum Gasteiger partial charge on any atom is -0.407 e. The molecule has 6 rings (SSSR count). The highest BCUT2D eigenvalue weighted by molar-refractivity contribution is 6.20. The van der Waals surface area contributed by atoms with Crippen molar-refractivity contribution in [2.75, 3.05) is 11.4 Å². The molecule has 14 nitrogen and oxygen atoms in total. The summed E-state index contributed by atoms with van der Waals surface area (Å²) < 4.78 is 33.4. The van der Waals surface area contributed by atoms with Crippen LogP contribution in [-0.2, 0) is 20.7 Å². The maximum Gasteiger partial charge on any atom is 0.410 e. The molecule has 2 saturated heterocycles. The number of nitrogens with one attached hydrogen (secondary N) is 2. The van der Waals surface area contributed by atoms with Gasteiger partial charge >= 0.3 is 12.1 Å². The van der Waals surface area contributed by atoms with Crippen LogP contribution in [-0.4, -0.2) is 63.7 Å². The normalized spacial score (nSPS) is 24.5. The van der Waals surface area contributed by atoms with E-state index in [0.717, 1.165) is 0 Å². The Bertz CT molecular complexity index is 1490. The molecule has 3 atom stereocenters. The number of hydrogen-bond acceptors (Lipinski definition) is 10. The number of halogens is 1. The average molecular weight is 513 g/mol. The maximum absolute atomic E-state index is 16.1. The van der Waals surface area contributed by atoms with Crippen LogP contribution in [0.15, 0.2) is 23.0 Å². The summed E-state index contributed by atoms with van der Waals surface area (Å²) >= 11 is 0. The molecule has 5 amide bonds. The quantitative estimate of drug-likeness (QED) is 0.408. The van der Waals surface area contributed by atoms with Crippen molar-refractivity contribution < 1.29 is 37.6 Å². The Morgan fingerprint density at radius 2 is 2.00 bits per heavy atom. The van der Waals surface area contributed by atoms with Gasteiger partial charge in [-0.1, -0.05) is 5.16 Å². The van der Waals surface area contributed by atoms with E-state index < -0.39 is 47.3 Å². The summed E-state index contributed by atoms with van der Waals surface area (Å²) in [5.41, 5.74) is 3.57. The maximum atomic E-state index is 16.1. The molecule has 37 heavy (non-hydrogen) atoms. The number of morpholine rings is 1. The summed E-state index contributed by atoms with van der Waals surface area (Å²) in [6, 6.07) is -0.264. The molecule has 3 aliphatic rings. The van der Waals surface area contributed by atoms with E-state index in [1.165, 1.54) is 17.1 Å². The second kappa shape index (κ2) is 7.73. The van der Waals surface area contributed by atoms with Crippen molar-refractivity contribution >= 4 is 40.6 Å². The molecular weight excluding hydrogens is 493 g/mol. The number of aromatic nitrogens is 3. The molecule has 0 unspecified atom stereocenters. The largest absolute Gasteiger partial charge is 0.410 e. The zero-order valence-corrected chi connectivity index (χ0v) is 19.5. The van der Waals surface area contributed by atoms with Gasteiger partial charge in [0.1, 0.15) is 0 Å². The first-order valence-corrected chi connectivity index (χ1v) is 11.3. The van der Waals surface area contributed by atoms with Crippen LogP contribution in [0.5, 0.6) is 5.75 Å². The molecule has 15 heteroatoms. The summed E-state index contributed by atoms with van der Waals surface area (Å²) in [6.07, 6.45) is 0.248. The number of hydrogen-bond donors (Lipinski definition) is 3.